The lowest BCUT2D eigenvalue weighted by molar-refractivity contribution is -0.0491. The third-order valence-electron chi connectivity index (χ3n) is 13.4. The van der Waals surface area contributed by atoms with E-state index in [0.717, 1.165) is 111 Å². The normalized spacial score (nSPS) is 18.2. The number of ether oxygens (including phenoxy) is 2. The first-order valence-corrected chi connectivity index (χ1v) is 23.4. The van der Waals surface area contributed by atoms with E-state index in [1.54, 1.807) is 7.11 Å². The van der Waals surface area contributed by atoms with Gasteiger partial charge in [0.25, 0.3) is 0 Å². The number of benzene rings is 3. The zero-order valence-corrected chi connectivity index (χ0v) is 38.9. The highest BCUT2D eigenvalue weighted by molar-refractivity contribution is 5.92. The van der Waals surface area contributed by atoms with E-state index in [4.69, 9.17) is 25.2 Å². The molecule has 1 fully saturated rings. The van der Waals surface area contributed by atoms with Crippen molar-refractivity contribution in [2.24, 2.45) is 17.6 Å². The van der Waals surface area contributed by atoms with Crippen LogP contribution in [0.3, 0.4) is 0 Å². The van der Waals surface area contributed by atoms with Crippen molar-refractivity contribution in [1.82, 2.24) is 44.6 Å². The van der Waals surface area contributed by atoms with Crippen LogP contribution in [0.5, 0.6) is 5.75 Å². The molecule has 0 saturated carbocycles. The van der Waals surface area contributed by atoms with E-state index in [1.165, 1.54) is 0 Å². The number of nitrogens with one attached hydrogen (secondary N) is 3. The van der Waals surface area contributed by atoms with E-state index in [2.05, 4.69) is 122 Å². The summed E-state index contributed by atoms with van der Waals surface area (Å²) >= 11 is 0. The first kappa shape index (κ1) is 45.4. The maximum Gasteiger partial charge on any atom is 0.203 e. The molecule has 66 heavy (non-hydrogen) atoms. The Labute approximate surface area is 387 Å². The zero-order valence-electron chi connectivity index (χ0n) is 38.9. The van der Waals surface area contributed by atoms with Crippen LogP contribution in [-0.2, 0) is 11.3 Å². The molecule has 0 bridgehead atoms. The largest absolute Gasteiger partial charge is 0.465 e. The maximum absolute atomic E-state index is 11.5. The Morgan fingerprint density at radius 1 is 0.879 bits per heavy atom. The minimum absolute atomic E-state index is 0.0456. The van der Waals surface area contributed by atoms with Crippen LogP contribution in [-0.4, -0.2) is 101 Å². The van der Waals surface area contributed by atoms with Crippen LogP contribution in [0.4, 0.5) is 0 Å². The minimum atomic E-state index is -0.743. The number of H-pyrrole nitrogens is 2. The molecule has 6 heterocycles. The summed E-state index contributed by atoms with van der Waals surface area (Å²) in [5.74, 6) is 2.74. The van der Waals surface area contributed by atoms with E-state index < -0.39 is 18.7 Å². The SMILES string of the molecule is CCCN(Cc1ncc(-c2ccc3c(c2)cc2n3C(c3ccc(-c4ccncc4)cc3)Oc3cc(-c4cnc(C5CCCN5C(O)C(N)C(C)C)[nH]4)ccc3-2)[nH]1)C(O)C(NCOC)C(C)C. The maximum atomic E-state index is 11.5. The van der Waals surface area contributed by atoms with E-state index in [1.807, 2.05) is 50.8 Å². The molecular weight excluding hydrogens is 829 g/mol. The van der Waals surface area contributed by atoms with Crippen LogP contribution in [0.2, 0.25) is 0 Å². The molecule has 7 N–H and O–H groups in total. The Morgan fingerprint density at radius 2 is 1.59 bits per heavy atom. The van der Waals surface area contributed by atoms with E-state index in [9.17, 15) is 10.2 Å². The number of fused-ring (bicyclic) bond motifs is 5. The van der Waals surface area contributed by atoms with Gasteiger partial charge in [-0.2, -0.15) is 0 Å². The number of hydrogen-bond acceptors (Lipinski definition) is 11. The molecular formula is C52H64N10O4. The van der Waals surface area contributed by atoms with Crippen molar-refractivity contribution in [1.29, 1.82) is 0 Å². The van der Waals surface area contributed by atoms with Gasteiger partial charge in [-0.3, -0.25) is 20.1 Å². The van der Waals surface area contributed by atoms with E-state index in [-0.39, 0.29) is 30.0 Å². The first-order valence-electron chi connectivity index (χ1n) is 23.4. The second kappa shape index (κ2) is 19.6. The lowest BCUT2D eigenvalue weighted by Crippen LogP contribution is -2.53. The Hall–Kier alpha value is -5.71. The van der Waals surface area contributed by atoms with Gasteiger partial charge in [0.1, 0.15) is 29.9 Å². The van der Waals surface area contributed by atoms with Crippen molar-refractivity contribution in [3.63, 3.8) is 0 Å². The van der Waals surface area contributed by atoms with Crippen LogP contribution < -0.4 is 15.8 Å². The van der Waals surface area contributed by atoms with Gasteiger partial charge in [0.2, 0.25) is 6.23 Å². The summed E-state index contributed by atoms with van der Waals surface area (Å²) in [7, 11) is 1.65. The fourth-order valence-corrected chi connectivity index (χ4v) is 9.72. The number of aromatic amines is 2. The Bertz CT molecular complexity index is 2710. The molecule has 0 spiro atoms. The molecule has 2 aliphatic heterocycles. The fraction of sp³-hybridized carbons (Fsp3) is 0.404. The quantitative estimate of drug-likeness (QED) is 0.0457. The van der Waals surface area contributed by atoms with Gasteiger partial charge in [-0.15, -0.1) is 0 Å². The molecule has 2 aliphatic rings. The molecule has 0 amide bonds. The van der Waals surface area contributed by atoms with Gasteiger partial charge in [0, 0.05) is 66.3 Å². The van der Waals surface area contributed by atoms with Crippen molar-refractivity contribution in [2.75, 3.05) is 26.9 Å². The van der Waals surface area contributed by atoms with Crippen LogP contribution in [0.25, 0.3) is 55.8 Å². The van der Waals surface area contributed by atoms with Gasteiger partial charge in [-0.1, -0.05) is 71.0 Å². The summed E-state index contributed by atoms with van der Waals surface area (Å²) in [5, 5.41) is 27.1. The molecule has 6 atom stereocenters. The summed E-state index contributed by atoms with van der Waals surface area (Å²) in [6, 6.07) is 27.2. The van der Waals surface area contributed by atoms with E-state index >= 15 is 0 Å². The number of methoxy groups -OCH3 is 1. The second-order valence-electron chi connectivity index (χ2n) is 18.6. The average Bonchev–Trinajstić information content (AvgIpc) is 4.17. The van der Waals surface area contributed by atoms with E-state index in [0.29, 0.717) is 13.3 Å². The smallest absolute Gasteiger partial charge is 0.203 e. The predicted molar refractivity (Wildman–Crippen MR) is 259 cm³/mol. The highest BCUT2D eigenvalue weighted by atomic mass is 16.5. The number of aliphatic hydroxyl groups excluding tert-OH is 2. The highest BCUT2D eigenvalue weighted by Gasteiger charge is 2.37. The minimum Gasteiger partial charge on any atom is -0.465 e. The van der Waals surface area contributed by atoms with Crippen LogP contribution in [0.15, 0.2) is 104 Å². The third kappa shape index (κ3) is 9.06. The number of hydrogen-bond donors (Lipinski definition) is 6. The van der Waals surface area contributed by atoms with Gasteiger partial charge < -0.3 is 40.0 Å². The Morgan fingerprint density at radius 3 is 2.33 bits per heavy atom. The molecule has 0 aliphatic carbocycles. The summed E-state index contributed by atoms with van der Waals surface area (Å²) in [6.07, 6.45) is 8.24. The zero-order chi connectivity index (χ0) is 46.1. The number of likely N-dealkylation sites (tertiary alicyclic amines) is 1. The second-order valence-corrected chi connectivity index (χ2v) is 18.6. The van der Waals surface area contributed by atoms with Gasteiger partial charge in [-0.25, -0.2) is 9.97 Å². The summed E-state index contributed by atoms with van der Waals surface area (Å²) in [4.78, 5) is 25.2. The molecule has 0 radical (unpaired) electrons. The topological polar surface area (TPSA) is 179 Å². The molecule has 7 aromatic rings. The molecule has 9 rings (SSSR count). The number of nitrogens with zero attached hydrogens (tertiary/aromatic N) is 6. The fourth-order valence-electron chi connectivity index (χ4n) is 9.72. The standard InChI is InChI=1S/C52H64N10O4/c1-7-22-60(51(64)48(32(4)5)57-30-65-6)29-46-55-27-40(58-46)36-15-17-42-38(24-36)25-44-39-16-14-37(41-28-56-49(59-41)43-9-8-23-61(43)50(63)47(53)31(2)3)26-45(39)66-52(62(42)44)35-12-10-33(11-13-35)34-18-20-54-21-19-34/h10-21,24-28,31-32,43,47-48,50-52,57,63-64H,7-9,22-23,29-30,53H2,1-6H3,(H,55,58)(H,56,59). The third-order valence-corrected chi connectivity index (χ3v) is 13.4. The number of nitrogens with two attached hydrogens (primary N) is 1. The number of imidazole rings is 2. The summed E-state index contributed by atoms with van der Waals surface area (Å²) < 4.78 is 14.7. The van der Waals surface area contributed by atoms with Crippen molar-refractivity contribution in [3.05, 3.63) is 121 Å². The highest BCUT2D eigenvalue weighted by Crippen LogP contribution is 2.46. The van der Waals surface area contributed by atoms with Crippen LogP contribution in [0, 0.1) is 11.8 Å². The Balaban J connectivity index is 1.04. The van der Waals surface area contributed by atoms with Gasteiger partial charge in [0.15, 0.2) is 0 Å². The molecule has 6 unspecified atom stereocenters. The average molecular weight is 893 g/mol. The predicted octanol–water partition coefficient (Wildman–Crippen LogP) is 8.28. The molecule has 14 nitrogen and oxygen atoms in total. The first-order chi connectivity index (χ1) is 32.0. The number of rotatable bonds is 18. The lowest BCUT2D eigenvalue weighted by atomic mass is 10.0. The lowest BCUT2D eigenvalue weighted by Gasteiger charge is -2.35. The Kier molecular flexibility index (Phi) is 13.5. The van der Waals surface area contributed by atoms with Crippen LogP contribution in [0.1, 0.15) is 83.4 Å². The molecule has 346 valence electrons. The summed E-state index contributed by atoms with van der Waals surface area (Å²) in [6.45, 7) is 12.7. The number of pyridine rings is 1. The van der Waals surface area contributed by atoms with Crippen molar-refractivity contribution < 1.29 is 19.7 Å². The monoisotopic (exact) mass is 893 g/mol. The van der Waals surface area contributed by atoms with Gasteiger partial charge in [-0.05, 0) is 84.7 Å². The van der Waals surface area contributed by atoms with Crippen LogP contribution >= 0.6 is 0 Å². The van der Waals surface area contributed by atoms with Crippen molar-refractivity contribution in [3.8, 4) is 50.6 Å². The number of aromatic nitrogens is 6. The summed E-state index contributed by atoms with van der Waals surface area (Å²) in [5.41, 5.74) is 16.5. The molecule has 1 saturated heterocycles. The van der Waals surface area contributed by atoms with Crippen molar-refractivity contribution in [2.45, 2.75) is 97.2 Å². The molecule has 3 aromatic carbocycles. The molecule has 4 aromatic heterocycles. The molecule has 14 heteroatoms. The van der Waals surface area contributed by atoms with Gasteiger partial charge in [0.05, 0.1) is 60.4 Å². The van der Waals surface area contributed by atoms with Crippen molar-refractivity contribution >= 4 is 10.9 Å². The number of aliphatic hydroxyl groups is 2. The van der Waals surface area contributed by atoms with Gasteiger partial charge >= 0.3 is 0 Å².